The first kappa shape index (κ1) is 18.3. The average Bonchev–Trinajstić information content (AvgIpc) is 2.68. The van der Waals surface area contributed by atoms with Crippen LogP contribution in [0.3, 0.4) is 0 Å². The quantitative estimate of drug-likeness (QED) is 0.841. The summed E-state index contributed by atoms with van der Waals surface area (Å²) in [5.41, 5.74) is 4.23. The monoisotopic (exact) mass is 386 g/mol. The maximum absolute atomic E-state index is 12.8. The highest BCUT2D eigenvalue weighted by atomic mass is 32.2. The number of likely N-dealkylation sites (N-methyl/N-ethyl adjacent to an activating group) is 1. The van der Waals surface area contributed by atoms with Crippen molar-refractivity contribution in [3.63, 3.8) is 0 Å². The van der Waals surface area contributed by atoms with Gasteiger partial charge in [0.2, 0.25) is 0 Å². The largest absolute Gasteiger partial charge is 0.360 e. The fourth-order valence-corrected chi connectivity index (χ4v) is 5.09. The van der Waals surface area contributed by atoms with Gasteiger partial charge in [-0.15, -0.1) is 0 Å². The molecule has 0 unspecified atom stereocenters. The Labute approximate surface area is 162 Å². The van der Waals surface area contributed by atoms with Crippen molar-refractivity contribution in [2.45, 2.75) is 30.6 Å². The first-order valence-corrected chi connectivity index (χ1v) is 11.3. The van der Waals surface area contributed by atoms with E-state index in [4.69, 9.17) is 0 Å². The lowest BCUT2D eigenvalue weighted by atomic mass is 9.92. The van der Waals surface area contributed by atoms with Gasteiger partial charge in [0, 0.05) is 11.4 Å². The first-order valence-electron chi connectivity index (χ1n) is 9.82. The van der Waals surface area contributed by atoms with E-state index in [0.717, 1.165) is 51.1 Å². The molecule has 1 heterocycles. The van der Waals surface area contributed by atoms with Crippen molar-refractivity contribution in [2.75, 3.05) is 42.8 Å². The molecule has 1 aliphatic heterocycles. The number of quaternary nitrogens is 1. The SMILES string of the molecule is C[NH+]1CCN(c2ccc(NS(=O)(=O)c3ccc4c(c3)CCCC4)cc2)CC1. The van der Waals surface area contributed by atoms with Gasteiger partial charge < -0.3 is 9.80 Å². The summed E-state index contributed by atoms with van der Waals surface area (Å²) in [4.78, 5) is 4.27. The summed E-state index contributed by atoms with van der Waals surface area (Å²) in [5, 5.41) is 0. The van der Waals surface area contributed by atoms with Gasteiger partial charge in [0.25, 0.3) is 10.0 Å². The van der Waals surface area contributed by atoms with E-state index in [9.17, 15) is 8.42 Å². The number of anilines is 2. The van der Waals surface area contributed by atoms with Crippen LogP contribution in [0.2, 0.25) is 0 Å². The Bertz CT molecular complexity index is 902. The van der Waals surface area contributed by atoms with Crippen LogP contribution >= 0.6 is 0 Å². The summed E-state index contributed by atoms with van der Waals surface area (Å²) < 4.78 is 28.3. The summed E-state index contributed by atoms with van der Waals surface area (Å²) in [7, 11) is -1.34. The van der Waals surface area contributed by atoms with Crippen LogP contribution in [-0.4, -0.2) is 41.6 Å². The van der Waals surface area contributed by atoms with E-state index in [1.165, 1.54) is 17.5 Å². The third-order valence-corrected chi connectivity index (χ3v) is 7.11. The average molecular weight is 387 g/mol. The zero-order valence-electron chi connectivity index (χ0n) is 15.9. The van der Waals surface area contributed by atoms with E-state index in [2.05, 4.69) is 16.7 Å². The number of aryl methyl sites for hydroxylation is 2. The Morgan fingerprint density at radius 2 is 1.59 bits per heavy atom. The number of piperazine rings is 1. The highest BCUT2D eigenvalue weighted by molar-refractivity contribution is 7.92. The predicted molar refractivity (Wildman–Crippen MR) is 109 cm³/mol. The molecular weight excluding hydrogens is 358 g/mol. The Kier molecular flexibility index (Phi) is 5.10. The van der Waals surface area contributed by atoms with E-state index in [0.29, 0.717) is 10.6 Å². The van der Waals surface area contributed by atoms with Crippen molar-refractivity contribution in [1.29, 1.82) is 0 Å². The predicted octanol–water partition coefficient (Wildman–Crippen LogP) is 1.70. The van der Waals surface area contributed by atoms with Crippen LogP contribution in [-0.2, 0) is 22.9 Å². The van der Waals surface area contributed by atoms with Gasteiger partial charge >= 0.3 is 0 Å². The number of hydrogen-bond acceptors (Lipinski definition) is 3. The van der Waals surface area contributed by atoms with E-state index < -0.39 is 10.0 Å². The first-order chi connectivity index (χ1) is 13.0. The van der Waals surface area contributed by atoms with Crippen LogP contribution in [0.4, 0.5) is 11.4 Å². The zero-order valence-corrected chi connectivity index (χ0v) is 16.7. The van der Waals surface area contributed by atoms with Gasteiger partial charge in [-0.25, -0.2) is 8.42 Å². The Morgan fingerprint density at radius 1 is 0.926 bits per heavy atom. The molecule has 144 valence electrons. The van der Waals surface area contributed by atoms with Crippen LogP contribution in [0.15, 0.2) is 47.4 Å². The minimum atomic E-state index is -3.56. The van der Waals surface area contributed by atoms with Crippen LogP contribution in [0.1, 0.15) is 24.0 Å². The maximum Gasteiger partial charge on any atom is 0.261 e. The van der Waals surface area contributed by atoms with Gasteiger partial charge in [-0.3, -0.25) is 4.72 Å². The number of nitrogens with zero attached hydrogens (tertiary/aromatic N) is 1. The molecule has 0 bridgehead atoms. The minimum Gasteiger partial charge on any atom is -0.360 e. The van der Waals surface area contributed by atoms with Crippen LogP contribution in [0.5, 0.6) is 0 Å². The second kappa shape index (κ2) is 7.52. The standard InChI is InChI=1S/C21H27N3O2S/c1-23-12-14-24(15-13-23)20-9-7-19(8-10-20)22-27(25,26)21-11-6-17-4-2-3-5-18(17)16-21/h6-11,16,22H,2-5,12-15H2,1H3/p+1. The molecule has 5 nitrogen and oxygen atoms in total. The number of hydrogen-bond donors (Lipinski definition) is 2. The molecule has 2 N–H and O–H groups in total. The maximum atomic E-state index is 12.8. The molecule has 1 fully saturated rings. The van der Waals surface area contributed by atoms with E-state index in [1.807, 2.05) is 36.4 Å². The van der Waals surface area contributed by atoms with Gasteiger partial charge in [0.05, 0.1) is 38.1 Å². The van der Waals surface area contributed by atoms with E-state index in [1.54, 1.807) is 11.0 Å². The van der Waals surface area contributed by atoms with Crippen molar-refractivity contribution < 1.29 is 13.3 Å². The Hall–Kier alpha value is -2.05. The molecule has 2 aliphatic rings. The molecule has 1 saturated heterocycles. The molecule has 0 saturated carbocycles. The highest BCUT2D eigenvalue weighted by Crippen LogP contribution is 2.26. The second-order valence-electron chi connectivity index (χ2n) is 7.73. The van der Waals surface area contributed by atoms with Gasteiger partial charge in [-0.1, -0.05) is 6.07 Å². The van der Waals surface area contributed by atoms with Crippen LogP contribution in [0, 0.1) is 0 Å². The summed E-state index contributed by atoms with van der Waals surface area (Å²) in [6.07, 6.45) is 4.36. The van der Waals surface area contributed by atoms with Gasteiger partial charge in [0.15, 0.2) is 0 Å². The van der Waals surface area contributed by atoms with Crippen LogP contribution < -0.4 is 14.5 Å². The highest BCUT2D eigenvalue weighted by Gasteiger charge is 2.19. The molecule has 1 aliphatic carbocycles. The Balaban J connectivity index is 1.48. The molecule has 4 rings (SSSR count). The Morgan fingerprint density at radius 3 is 2.30 bits per heavy atom. The lowest BCUT2D eigenvalue weighted by Gasteiger charge is -2.31. The zero-order chi connectivity index (χ0) is 18.9. The van der Waals surface area contributed by atoms with Crippen molar-refractivity contribution in [1.82, 2.24) is 0 Å². The van der Waals surface area contributed by atoms with E-state index in [-0.39, 0.29) is 0 Å². The third kappa shape index (κ3) is 4.12. The molecule has 6 heteroatoms. The van der Waals surface area contributed by atoms with Gasteiger partial charge in [-0.2, -0.15) is 0 Å². The second-order valence-corrected chi connectivity index (χ2v) is 9.42. The number of fused-ring (bicyclic) bond motifs is 1. The fraction of sp³-hybridized carbons (Fsp3) is 0.429. The van der Waals surface area contributed by atoms with E-state index >= 15 is 0 Å². The third-order valence-electron chi connectivity index (χ3n) is 5.73. The molecule has 27 heavy (non-hydrogen) atoms. The number of nitrogens with one attached hydrogen (secondary N) is 2. The lowest BCUT2D eigenvalue weighted by molar-refractivity contribution is -0.880. The number of benzene rings is 2. The summed E-state index contributed by atoms with van der Waals surface area (Å²) >= 11 is 0. The smallest absolute Gasteiger partial charge is 0.261 e. The van der Waals surface area contributed by atoms with Crippen LogP contribution in [0.25, 0.3) is 0 Å². The minimum absolute atomic E-state index is 0.356. The normalized spacial score (nSPS) is 18.2. The fourth-order valence-electron chi connectivity index (χ4n) is 3.98. The number of rotatable bonds is 4. The van der Waals surface area contributed by atoms with Gasteiger partial charge in [0.1, 0.15) is 0 Å². The molecule has 0 aromatic heterocycles. The van der Waals surface area contributed by atoms with Crippen molar-refractivity contribution >= 4 is 21.4 Å². The molecular formula is C21H28N3O2S+. The van der Waals surface area contributed by atoms with Crippen molar-refractivity contribution in [3.05, 3.63) is 53.6 Å². The molecule has 0 atom stereocenters. The molecule has 2 aromatic rings. The molecule has 0 amide bonds. The summed E-state index contributed by atoms with van der Waals surface area (Å²) in [6, 6.07) is 13.3. The summed E-state index contributed by atoms with van der Waals surface area (Å²) in [5.74, 6) is 0. The molecule has 0 spiro atoms. The van der Waals surface area contributed by atoms with Crippen molar-refractivity contribution in [2.24, 2.45) is 0 Å². The lowest BCUT2D eigenvalue weighted by Crippen LogP contribution is -3.12. The number of sulfonamides is 1. The summed E-state index contributed by atoms with van der Waals surface area (Å²) in [6.45, 7) is 4.33. The van der Waals surface area contributed by atoms with Gasteiger partial charge in [-0.05, 0) is 73.2 Å². The van der Waals surface area contributed by atoms with Crippen molar-refractivity contribution in [3.8, 4) is 0 Å². The topological polar surface area (TPSA) is 53.9 Å². The molecule has 0 radical (unpaired) electrons. The molecule has 2 aromatic carbocycles.